The van der Waals surface area contributed by atoms with Gasteiger partial charge in [-0.2, -0.15) is 13.2 Å². The predicted molar refractivity (Wildman–Crippen MR) is 150 cm³/mol. The Morgan fingerprint density at radius 1 is 0.951 bits per heavy atom. The van der Waals surface area contributed by atoms with E-state index in [9.17, 15) is 22.8 Å². The topological polar surface area (TPSA) is 90.0 Å². The van der Waals surface area contributed by atoms with Gasteiger partial charge in [-0.25, -0.2) is 4.79 Å². The first kappa shape index (κ1) is 30.1. The number of aliphatic carboxylic acids is 1. The number of fused-ring (bicyclic) bond motifs is 1. The Kier molecular flexibility index (Phi) is 9.67. The molecule has 0 atom stereocenters. The first-order chi connectivity index (χ1) is 19.5. The molecule has 2 N–H and O–H groups in total. The summed E-state index contributed by atoms with van der Waals surface area (Å²) in [5.74, 6) is -2.56. The quantitative estimate of drug-likeness (QED) is 0.404. The summed E-state index contributed by atoms with van der Waals surface area (Å²) in [6.45, 7) is 2.94. The van der Waals surface area contributed by atoms with E-state index in [1.165, 1.54) is 0 Å². The second-order valence-corrected chi connectivity index (χ2v) is 10.3. The molecule has 11 heteroatoms. The third-order valence-electron chi connectivity index (χ3n) is 7.00. The van der Waals surface area contributed by atoms with Crippen molar-refractivity contribution in [3.63, 3.8) is 0 Å². The van der Waals surface area contributed by atoms with Crippen LogP contribution in [0.4, 0.5) is 18.9 Å². The van der Waals surface area contributed by atoms with Crippen LogP contribution in [-0.2, 0) is 16.1 Å². The van der Waals surface area contributed by atoms with Crippen molar-refractivity contribution in [1.29, 1.82) is 0 Å². The minimum atomic E-state index is -5.08. The Hall–Kier alpha value is -3.89. The zero-order valence-electron chi connectivity index (χ0n) is 22.0. The minimum Gasteiger partial charge on any atom is -0.475 e. The summed E-state index contributed by atoms with van der Waals surface area (Å²) in [4.78, 5) is 39.5. The molecule has 0 radical (unpaired) electrons. The maximum absolute atomic E-state index is 13.6. The molecule has 0 saturated carbocycles. The lowest BCUT2D eigenvalue weighted by Crippen LogP contribution is -2.43. The molecular formula is C30H29ClF3N3O4. The Morgan fingerprint density at radius 3 is 2.24 bits per heavy atom. The molecule has 2 aliphatic heterocycles. The van der Waals surface area contributed by atoms with Gasteiger partial charge in [0, 0.05) is 11.6 Å². The number of rotatable bonds is 5. The monoisotopic (exact) mass is 587 g/mol. The number of amides is 2. The summed E-state index contributed by atoms with van der Waals surface area (Å²) in [5, 5.41) is 11.0. The second-order valence-electron chi connectivity index (χ2n) is 9.85. The fourth-order valence-corrected chi connectivity index (χ4v) is 5.14. The lowest BCUT2D eigenvalue weighted by Gasteiger charge is -2.29. The van der Waals surface area contributed by atoms with Crippen LogP contribution in [0.25, 0.3) is 11.1 Å². The van der Waals surface area contributed by atoms with E-state index in [1.807, 2.05) is 36.4 Å². The maximum Gasteiger partial charge on any atom is 0.490 e. The highest BCUT2D eigenvalue weighted by molar-refractivity contribution is 6.31. The van der Waals surface area contributed by atoms with Gasteiger partial charge >= 0.3 is 12.1 Å². The van der Waals surface area contributed by atoms with Gasteiger partial charge in [-0.3, -0.25) is 9.59 Å². The molecule has 7 nitrogen and oxygen atoms in total. The molecule has 5 rings (SSSR count). The van der Waals surface area contributed by atoms with Crippen molar-refractivity contribution in [3.05, 3.63) is 88.9 Å². The summed E-state index contributed by atoms with van der Waals surface area (Å²) >= 11 is 6.30. The van der Waals surface area contributed by atoms with Crippen LogP contribution in [0.5, 0.6) is 0 Å². The number of nitrogens with zero attached hydrogens (tertiary/aromatic N) is 2. The molecule has 0 unspecified atom stereocenters. The van der Waals surface area contributed by atoms with Gasteiger partial charge in [0.15, 0.2) is 0 Å². The van der Waals surface area contributed by atoms with E-state index in [2.05, 4.69) is 23.5 Å². The molecule has 0 bridgehead atoms. The molecule has 2 amide bonds. The highest BCUT2D eigenvalue weighted by Crippen LogP contribution is 2.33. The maximum atomic E-state index is 13.6. The SMILES string of the molecule is O=C(O)C(F)(F)F.O=C1c2cc(Cl)ccc2N(Cc2ccccc2-c2ccccc2)C(=O)CN1CC1CCNCC1. The summed E-state index contributed by atoms with van der Waals surface area (Å²) in [6.07, 6.45) is -3.07. The van der Waals surface area contributed by atoms with Crippen LogP contribution in [0.3, 0.4) is 0 Å². The minimum absolute atomic E-state index is 0.0720. The number of benzene rings is 3. The van der Waals surface area contributed by atoms with Crippen LogP contribution in [-0.4, -0.2) is 60.1 Å². The normalized spacial score (nSPS) is 16.0. The van der Waals surface area contributed by atoms with E-state index < -0.39 is 12.1 Å². The Morgan fingerprint density at radius 2 is 1.59 bits per heavy atom. The molecular weight excluding hydrogens is 559 g/mol. The molecule has 2 heterocycles. The Balaban J connectivity index is 0.000000493. The zero-order chi connectivity index (χ0) is 29.6. The van der Waals surface area contributed by atoms with Crippen molar-refractivity contribution in [2.45, 2.75) is 25.6 Å². The lowest BCUT2D eigenvalue weighted by atomic mass is 9.97. The van der Waals surface area contributed by atoms with Crippen molar-refractivity contribution in [2.75, 3.05) is 31.1 Å². The van der Waals surface area contributed by atoms with E-state index in [0.29, 0.717) is 35.3 Å². The van der Waals surface area contributed by atoms with Crippen LogP contribution < -0.4 is 10.2 Å². The number of carbonyl (C=O) groups is 3. The summed E-state index contributed by atoms with van der Waals surface area (Å²) in [7, 11) is 0. The summed E-state index contributed by atoms with van der Waals surface area (Å²) in [6, 6.07) is 23.5. The Bertz CT molecular complexity index is 1400. The number of hydrogen-bond donors (Lipinski definition) is 2. The first-order valence-corrected chi connectivity index (χ1v) is 13.5. The molecule has 1 fully saturated rings. The van der Waals surface area contributed by atoms with Crippen molar-refractivity contribution in [2.24, 2.45) is 5.92 Å². The van der Waals surface area contributed by atoms with Gasteiger partial charge in [-0.1, -0.05) is 66.2 Å². The second kappa shape index (κ2) is 13.2. The molecule has 1 saturated heterocycles. The number of hydrogen-bond acceptors (Lipinski definition) is 4. The molecule has 0 aliphatic carbocycles. The predicted octanol–water partition coefficient (Wildman–Crippen LogP) is 5.63. The van der Waals surface area contributed by atoms with E-state index in [4.69, 9.17) is 21.5 Å². The number of carboxylic acids is 1. The average molecular weight is 588 g/mol. The number of carboxylic acid groups (broad SMARTS) is 1. The van der Waals surface area contributed by atoms with Gasteiger partial charge in [0.05, 0.1) is 17.8 Å². The fraction of sp³-hybridized carbons (Fsp3) is 0.300. The number of alkyl halides is 3. The van der Waals surface area contributed by atoms with E-state index in [1.54, 1.807) is 28.0 Å². The molecule has 3 aromatic carbocycles. The standard InChI is InChI=1S/C28H28ClN3O2.C2HF3O2/c29-23-10-11-26-25(16-23)28(34)31(17-20-12-14-30-15-13-20)19-27(33)32(26)18-22-8-4-5-9-24(22)21-6-2-1-3-7-21;3-2(4,5)1(6)7/h1-11,16,20,30H,12-15,17-19H2;(H,6,7). The van der Waals surface area contributed by atoms with Crippen LogP contribution in [0.2, 0.25) is 5.02 Å². The first-order valence-electron chi connectivity index (χ1n) is 13.1. The number of halogens is 4. The van der Waals surface area contributed by atoms with Crippen LogP contribution in [0.15, 0.2) is 72.8 Å². The van der Waals surface area contributed by atoms with Crippen LogP contribution >= 0.6 is 11.6 Å². The number of anilines is 1. The lowest BCUT2D eigenvalue weighted by molar-refractivity contribution is -0.192. The van der Waals surface area contributed by atoms with Crippen molar-refractivity contribution in [1.82, 2.24) is 10.2 Å². The molecule has 0 aromatic heterocycles. The highest BCUT2D eigenvalue weighted by atomic mass is 35.5. The largest absolute Gasteiger partial charge is 0.490 e. The summed E-state index contributed by atoms with van der Waals surface area (Å²) in [5.41, 5.74) is 4.32. The van der Waals surface area contributed by atoms with Crippen molar-refractivity contribution < 1.29 is 32.7 Å². The van der Waals surface area contributed by atoms with Gasteiger partial charge in [-0.15, -0.1) is 0 Å². The number of piperidine rings is 1. The molecule has 3 aromatic rings. The van der Waals surface area contributed by atoms with E-state index in [-0.39, 0.29) is 18.4 Å². The van der Waals surface area contributed by atoms with Gasteiger partial charge in [-0.05, 0) is 66.7 Å². The highest BCUT2D eigenvalue weighted by Gasteiger charge is 2.38. The summed E-state index contributed by atoms with van der Waals surface area (Å²) < 4.78 is 31.7. The Labute approximate surface area is 240 Å². The average Bonchev–Trinajstić information content (AvgIpc) is 3.04. The number of carbonyl (C=O) groups excluding carboxylic acids is 2. The van der Waals surface area contributed by atoms with Crippen LogP contribution in [0, 0.1) is 5.92 Å². The van der Waals surface area contributed by atoms with Gasteiger partial charge < -0.3 is 20.2 Å². The van der Waals surface area contributed by atoms with Gasteiger partial charge in [0.2, 0.25) is 5.91 Å². The molecule has 41 heavy (non-hydrogen) atoms. The van der Waals surface area contributed by atoms with E-state index >= 15 is 0 Å². The number of nitrogens with one attached hydrogen (secondary N) is 1. The van der Waals surface area contributed by atoms with Crippen molar-refractivity contribution in [3.8, 4) is 11.1 Å². The smallest absolute Gasteiger partial charge is 0.475 e. The third-order valence-corrected chi connectivity index (χ3v) is 7.24. The van der Waals surface area contributed by atoms with E-state index in [0.717, 1.165) is 42.6 Å². The third kappa shape index (κ3) is 7.65. The van der Waals surface area contributed by atoms with Gasteiger partial charge in [0.1, 0.15) is 6.54 Å². The molecule has 216 valence electrons. The molecule has 2 aliphatic rings. The van der Waals surface area contributed by atoms with Gasteiger partial charge in [0.25, 0.3) is 5.91 Å². The van der Waals surface area contributed by atoms with Crippen LogP contribution in [0.1, 0.15) is 28.8 Å². The zero-order valence-corrected chi connectivity index (χ0v) is 22.8. The molecule has 0 spiro atoms. The fourth-order valence-electron chi connectivity index (χ4n) is 4.96. The van der Waals surface area contributed by atoms with Crippen molar-refractivity contribution >= 4 is 35.1 Å².